The van der Waals surface area contributed by atoms with Gasteiger partial charge in [0.15, 0.2) is 17.5 Å². The number of aromatic nitrogens is 3. The molecule has 3 nitrogen and oxygen atoms in total. The molecule has 1 spiro atoms. The molecule has 1 heterocycles. The van der Waals surface area contributed by atoms with E-state index in [4.69, 9.17) is 15.0 Å². The molecule has 3 heteroatoms. The maximum absolute atomic E-state index is 5.03. The van der Waals surface area contributed by atoms with Crippen LogP contribution < -0.4 is 0 Å². The highest BCUT2D eigenvalue weighted by atomic mass is 15.0. The van der Waals surface area contributed by atoms with Gasteiger partial charge in [0.2, 0.25) is 0 Å². The minimum Gasteiger partial charge on any atom is -0.208 e. The number of nitrogens with zero attached hydrogens (tertiary/aromatic N) is 3. The molecular formula is C58H37N3. The summed E-state index contributed by atoms with van der Waals surface area (Å²) in [5.41, 5.74) is 20.1. The van der Waals surface area contributed by atoms with Crippen molar-refractivity contribution >= 4 is 0 Å². The molecule has 0 fully saturated rings. The fourth-order valence-electron chi connectivity index (χ4n) is 9.98. The first-order valence-corrected chi connectivity index (χ1v) is 20.9. The van der Waals surface area contributed by atoms with Gasteiger partial charge in [0.05, 0.1) is 5.41 Å². The second-order valence-corrected chi connectivity index (χ2v) is 15.9. The molecule has 9 aromatic carbocycles. The summed E-state index contributed by atoms with van der Waals surface area (Å²) in [7, 11) is 0. The summed E-state index contributed by atoms with van der Waals surface area (Å²) in [6, 6.07) is 80.6. The van der Waals surface area contributed by atoms with Gasteiger partial charge in [-0.05, 0) is 90.0 Å². The molecule has 0 radical (unpaired) electrons. The molecule has 0 saturated heterocycles. The first kappa shape index (κ1) is 35.0. The lowest BCUT2D eigenvalue weighted by Crippen LogP contribution is -2.25. The zero-order chi connectivity index (χ0) is 40.3. The Bertz CT molecular complexity index is 3240. The molecule has 2 aliphatic rings. The third-order valence-electron chi connectivity index (χ3n) is 12.5. The van der Waals surface area contributed by atoms with Crippen LogP contribution in [0.2, 0.25) is 0 Å². The smallest absolute Gasteiger partial charge is 0.164 e. The molecule has 284 valence electrons. The minimum atomic E-state index is -0.452. The molecule has 0 bridgehead atoms. The van der Waals surface area contributed by atoms with Crippen molar-refractivity contribution in [1.82, 2.24) is 15.0 Å². The average Bonchev–Trinajstić information content (AvgIpc) is 3.82. The molecule has 1 aromatic heterocycles. The number of rotatable bonds is 6. The zero-order valence-corrected chi connectivity index (χ0v) is 33.2. The van der Waals surface area contributed by atoms with Crippen molar-refractivity contribution in [2.45, 2.75) is 5.41 Å². The van der Waals surface area contributed by atoms with E-state index in [9.17, 15) is 0 Å². The van der Waals surface area contributed by atoms with E-state index in [2.05, 4.69) is 164 Å². The first-order chi connectivity index (χ1) is 30.3. The van der Waals surface area contributed by atoms with Crippen LogP contribution in [0.3, 0.4) is 0 Å². The van der Waals surface area contributed by atoms with Gasteiger partial charge >= 0.3 is 0 Å². The van der Waals surface area contributed by atoms with Gasteiger partial charge in [-0.15, -0.1) is 0 Å². The second-order valence-electron chi connectivity index (χ2n) is 15.9. The van der Waals surface area contributed by atoms with Crippen LogP contribution in [-0.2, 0) is 5.41 Å². The molecule has 61 heavy (non-hydrogen) atoms. The van der Waals surface area contributed by atoms with Crippen molar-refractivity contribution in [3.63, 3.8) is 0 Å². The molecule has 1 atom stereocenters. The third-order valence-corrected chi connectivity index (χ3v) is 12.5. The van der Waals surface area contributed by atoms with E-state index < -0.39 is 5.41 Å². The molecule has 0 saturated carbocycles. The largest absolute Gasteiger partial charge is 0.208 e. The summed E-state index contributed by atoms with van der Waals surface area (Å²) >= 11 is 0. The van der Waals surface area contributed by atoms with Gasteiger partial charge < -0.3 is 0 Å². The van der Waals surface area contributed by atoms with Crippen molar-refractivity contribution in [3.8, 4) is 89.8 Å². The Labute approximate surface area is 355 Å². The van der Waals surface area contributed by atoms with E-state index >= 15 is 0 Å². The molecule has 2 aliphatic carbocycles. The minimum absolute atomic E-state index is 0.452. The standard InChI is InChI=1S/C58H37N3/c1-4-18-38(19-5-1)45-30-16-34-51-53(45)47-28-10-12-32-49(47)58(51)50-33-13-11-29-48(50)54-46(31-17-35-52(54)58)43-26-14-24-41(36-43)42-25-15-27-44(37-42)57-60-55(39-20-6-2-7-21-39)59-56(61-57)40-22-8-3-9-23-40/h1-37H. The third kappa shape index (κ3) is 5.48. The topological polar surface area (TPSA) is 38.7 Å². The van der Waals surface area contributed by atoms with Gasteiger partial charge in [-0.1, -0.05) is 212 Å². The number of benzene rings is 9. The van der Waals surface area contributed by atoms with Crippen molar-refractivity contribution in [1.29, 1.82) is 0 Å². The van der Waals surface area contributed by atoms with Gasteiger partial charge in [-0.25, -0.2) is 15.0 Å². The fraction of sp³-hybridized carbons (Fsp3) is 0.0172. The van der Waals surface area contributed by atoms with Gasteiger partial charge in [-0.3, -0.25) is 0 Å². The van der Waals surface area contributed by atoms with E-state index in [1.54, 1.807) is 0 Å². The van der Waals surface area contributed by atoms with Crippen molar-refractivity contribution in [2.24, 2.45) is 0 Å². The van der Waals surface area contributed by atoms with Crippen LogP contribution >= 0.6 is 0 Å². The Morgan fingerprint density at radius 3 is 1.08 bits per heavy atom. The predicted octanol–water partition coefficient (Wildman–Crippen LogP) is 14.2. The summed E-state index contributed by atoms with van der Waals surface area (Å²) in [6.45, 7) is 0. The van der Waals surface area contributed by atoms with Crippen LogP contribution in [0.5, 0.6) is 0 Å². The monoisotopic (exact) mass is 775 g/mol. The summed E-state index contributed by atoms with van der Waals surface area (Å²) in [5, 5.41) is 0. The lowest BCUT2D eigenvalue weighted by molar-refractivity contribution is 0.794. The van der Waals surface area contributed by atoms with Crippen molar-refractivity contribution < 1.29 is 0 Å². The number of fused-ring (bicyclic) bond motifs is 10. The van der Waals surface area contributed by atoms with Crippen LogP contribution in [-0.4, -0.2) is 15.0 Å². The summed E-state index contributed by atoms with van der Waals surface area (Å²) in [4.78, 5) is 15.0. The summed E-state index contributed by atoms with van der Waals surface area (Å²) in [6.07, 6.45) is 0. The quantitative estimate of drug-likeness (QED) is 0.169. The van der Waals surface area contributed by atoms with Gasteiger partial charge in [0.25, 0.3) is 0 Å². The number of hydrogen-bond donors (Lipinski definition) is 0. The van der Waals surface area contributed by atoms with E-state index in [1.165, 1.54) is 66.8 Å². The van der Waals surface area contributed by atoms with E-state index in [0.29, 0.717) is 17.5 Å². The van der Waals surface area contributed by atoms with Crippen LogP contribution in [0.4, 0.5) is 0 Å². The molecule has 0 aliphatic heterocycles. The molecular weight excluding hydrogens is 739 g/mol. The lowest BCUT2D eigenvalue weighted by atomic mass is 9.70. The second kappa shape index (κ2) is 14.1. The van der Waals surface area contributed by atoms with Crippen LogP contribution in [0.15, 0.2) is 224 Å². The first-order valence-electron chi connectivity index (χ1n) is 20.9. The van der Waals surface area contributed by atoms with Crippen LogP contribution in [0.25, 0.3) is 89.8 Å². The van der Waals surface area contributed by atoms with Gasteiger partial charge in [0.1, 0.15) is 0 Å². The Kier molecular flexibility index (Phi) is 8.07. The van der Waals surface area contributed by atoms with Crippen molar-refractivity contribution in [3.05, 3.63) is 247 Å². The Hall–Kier alpha value is -8.01. The van der Waals surface area contributed by atoms with Gasteiger partial charge in [0, 0.05) is 16.7 Å². The highest BCUT2D eigenvalue weighted by molar-refractivity contribution is 6.03. The van der Waals surface area contributed by atoms with E-state index in [1.807, 2.05) is 60.7 Å². The Balaban J connectivity index is 1.00. The molecule has 10 aromatic rings. The number of hydrogen-bond acceptors (Lipinski definition) is 3. The zero-order valence-electron chi connectivity index (χ0n) is 33.2. The molecule has 12 rings (SSSR count). The molecule has 0 N–H and O–H groups in total. The fourth-order valence-corrected chi connectivity index (χ4v) is 9.98. The normalized spacial score (nSPS) is 14.3. The highest BCUT2D eigenvalue weighted by Crippen LogP contribution is 2.65. The van der Waals surface area contributed by atoms with E-state index in [-0.39, 0.29) is 0 Å². The maximum Gasteiger partial charge on any atom is 0.164 e. The van der Waals surface area contributed by atoms with Gasteiger partial charge in [-0.2, -0.15) is 0 Å². The van der Waals surface area contributed by atoms with Crippen LogP contribution in [0, 0.1) is 0 Å². The van der Waals surface area contributed by atoms with Crippen LogP contribution in [0.1, 0.15) is 22.3 Å². The van der Waals surface area contributed by atoms with Crippen molar-refractivity contribution in [2.75, 3.05) is 0 Å². The Morgan fingerprint density at radius 1 is 0.230 bits per heavy atom. The molecule has 0 amide bonds. The SMILES string of the molecule is c1ccc(-c2nc(-c3ccccc3)nc(-c3cccc(-c4cccc(-c5cccc6c5-c5ccccc5C65c6ccccc6-c6c(-c7ccccc7)cccc65)c4)c3)n2)cc1. The summed E-state index contributed by atoms with van der Waals surface area (Å²) in [5.74, 6) is 1.94. The molecule has 1 unspecified atom stereocenters. The predicted molar refractivity (Wildman–Crippen MR) is 249 cm³/mol. The lowest BCUT2D eigenvalue weighted by Gasteiger charge is -2.30. The maximum atomic E-state index is 5.03. The Morgan fingerprint density at radius 2 is 0.557 bits per heavy atom. The highest BCUT2D eigenvalue weighted by Gasteiger charge is 2.52. The van der Waals surface area contributed by atoms with E-state index in [0.717, 1.165) is 27.8 Å². The summed E-state index contributed by atoms with van der Waals surface area (Å²) < 4.78 is 0. The average molecular weight is 776 g/mol.